The third kappa shape index (κ3) is 2.48. The number of aryl methyl sites for hydroxylation is 1. The van der Waals surface area contributed by atoms with Gasteiger partial charge in [-0.25, -0.2) is 0 Å². The number of benzene rings is 1. The molecule has 2 rings (SSSR count). The van der Waals surface area contributed by atoms with Crippen molar-refractivity contribution in [1.82, 2.24) is 0 Å². The zero-order chi connectivity index (χ0) is 12.6. The second-order valence-corrected chi connectivity index (χ2v) is 5.15. The molecular formula is C14H17F3. The van der Waals surface area contributed by atoms with Gasteiger partial charge in [0.1, 0.15) is 0 Å². The van der Waals surface area contributed by atoms with E-state index in [-0.39, 0.29) is 0 Å². The number of hydrogen-bond acceptors (Lipinski definition) is 0. The van der Waals surface area contributed by atoms with Gasteiger partial charge in [0.15, 0.2) is 0 Å². The molecule has 0 heterocycles. The van der Waals surface area contributed by atoms with Gasteiger partial charge in [-0.05, 0) is 54.4 Å². The van der Waals surface area contributed by atoms with Crippen LogP contribution in [0.2, 0.25) is 0 Å². The maximum Gasteiger partial charge on any atom is 0.416 e. The molecule has 0 saturated heterocycles. The van der Waals surface area contributed by atoms with E-state index < -0.39 is 11.7 Å². The third-order valence-corrected chi connectivity index (χ3v) is 3.64. The zero-order valence-electron chi connectivity index (χ0n) is 10.1. The van der Waals surface area contributed by atoms with Gasteiger partial charge in [-0.1, -0.05) is 19.9 Å². The molecule has 1 aromatic rings. The molecule has 0 amide bonds. The molecule has 0 aliphatic heterocycles. The van der Waals surface area contributed by atoms with Gasteiger partial charge in [-0.2, -0.15) is 13.2 Å². The summed E-state index contributed by atoms with van der Waals surface area (Å²) in [6.45, 7) is 4.27. The van der Waals surface area contributed by atoms with Gasteiger partial charge in [0.05, 0.1) is 5.56 Å². The first kappa shape index (κ1) is 12.5. The number of alkyl halides is 3. The first-order chi connectivity index (χ1) is 7.89. The second kappa shape index (κ2) is 4.35. The van der Waals surface area contributed by atoms with Crippen molar-refractivity contribution >= 4 is 0 Å². The second-order valence-electron chi connectivity index (χ2n) is 5.15. The fraction of sp³-hybridized carbons (Fsp3) is 0.571. The topological polar surface area (TPSA) is 0 Å². The number of halogens is 3. The average Bonchev–Trinajstić information content (AvgIpc) is 2.26. The summed E-state index contributed by atoms with van der Waals surface area (Å²) in [5.41, 5.74) is 1.50. The van der Waals surface area contributed by atoms with Crippen molar-refractivity contribution in [3.63, 3.8) is 0 Å². The smallest absolute Gasteiger partial charge is 0.166 e. The lowest BCUT2D eigenvalue weighted by Gasteiger charge is -2.29. The molecule has 3 heteroatoms. The largest absolute Gasteiger partial charge is 0.416 e. The van der Waals surface area contributed by atoms with Crippen LogP contribution in [-0.2, 0) is 12.6 Å². The maximum atomic E-state index is 12.6. The van der Waals surface area contributed by atoms with Crippen molar-refractivity contribution in [3.8, 4) is 0 Å². The highest BCUT2D eigenvalue weighted by Crippen LogP contribution is 2.39. The van der Waals surface area contributed by atoms with E-state index in [9.17, 15) is 13.2 Å². The molecule has 1 unspecified atom stereocenters. The highest BCUT2D eigenvalue weighted by molar-refractivity contribution is 5.37. The van der Waals surface area contributed by atoms with Crippen LogP contribution in [0.15, 0.2) is 18.2 Å². The molecule has 0 fully saturated rings. The van der Waals surface area contributed by atoms with Gasteiger partial charge >= 0.3 is 6.18 Å². The summed E-state index contributed by atoms with van der Waals surface area (Å²) in [5.74, 6) is 0.909. The number of fused-ring (bicyclic) bond motifs is 1. The molecule has 1 aliphatic carbocycles. The van der Waals surface area contributed by atoms with Gasteiger partial charge in [0, 0.05) is 0 Å². The highest BCUT2D eigenvalue weighted by atomic mass is 19.4. The Labute approximate surface area is 99.8 Å². The Hall–Kier alpha value is -0.990. The average molecular weight is 242 g/mol. The van der Waals surface area contributed by atoms with E-state index >= 15 is 0 Å². The molecule has 0 aromatic heterocycles. The van der Waals surface area contributed by atoms with Gasteiger partial charge in [0.2, 0.25) is 0 Å². The normalized spacial score (nSPS) is 20.5. The van der Waals surface area contributed by atoms with E-state index in [2.05, 4.69) is 13.8 Å². The maximum absolute atomic E-state index is 12.6. The minimum atomic E-state index is -4.22. The van der Waals surface area contributed by atoms with Crippen molar-refractivity contribution < 1.29 is 13.2 Å². The molecule has 0 saturated carbocycles. The van der Waals surface area contributed by atoms with Crippen LogP contribution in [0.3, 0.4) is 0 Å². The Morgan fingerprint density at radius 2 is 1.94 bits per heavy atom. The zero-order valence-corrected chi connectivity index (χ0v) is 10.1. The third-order valence-electron chi connectivity index (χ3n) is 3.64. The lowest BCUT2D eigenvalue weighted by Crippen LogP contribution is -2.16. The first-order valence-electron chi connectivity index (χ1n) is 6.09. The monoisotopic (exact) mass is 242 g/mol. The molecule has 94 valence electrons. The Balaban J connectivity index is 2.40. The van der Waals surface area contributed by atoms with E-state index in [1.165, 1.54) is 12.1 Å². The van der Waals surface area contributed by atoms with Crippen LogP contribution < -0.4 is 0 Å². The van der Waals surface area contributed by atoms with Crippen molar-refractivity contribution in [2.24, 2.45) is 5.92 Å². The van der Waals surface area contributed by atoms with Crippen LogP contribution >= 0.6 is 0 Å². The summed E-state index contributed by atoms with van der Waals surface area (Å²) in [7, 11) is 0. The predicted molar refractivity (Wildman–Crippen MR) is 62.0 cm³/mol. The molecule has 17 heavy (non-hydrogen) atoms. The van der Waals surface area contributed by atoms with Crippen LogP contribution in [0, 0.1) is 5.92 Å². The molecule has 1 aromatic carbocycles. The molecule has 0 N–H and O–H groups in total. The lowest BCUT2D eigenvalue weighted by molar-refractivity contribution is -0.137. The van der Waals surface area contributed by atoms with Crippen molar-refractivity contribution in [1.29, 1.82) is 0 Å². The number of rotatable bonds is 1. The van der Waals surface area contributed by atoms with Gasteiger partial charge in [0.25, 0.3) is 0 Å². The lowest BCUT2D eigenvalue weighted by atomic mass is 9.76. The molecule has 1 aliphatic rings. The molecule has 0 spiro atoms. The van der Waals surface area contributed by atoms with Crippen LogP contribution in [0.1, 0.15) is 49.3 Å². The summed E-state index contributed by atoms with van der Waals surface area (Å²) < 4.78 is 37.8. The van der Waals surface area contributed by atoms with Crippen molar-refractivity contribution in [2.75, 3.05) is 0 Å². The summed E-state index contributed by atoms with van der Waals surface area (Å²) >= 11 is 0. The van der Waals surface area contributed by atoms with Crippen LogP contribution in [0.4, 0.5) is 13.2 Å². The quantitative estimate of drug-likeness (QED) is 0.664. The van der Waals surface area contributed by atoms with E-state index in [1.54, 1.807) is 6.07 Å². The minimum Gasteiger partial charge on any atom is -0.166 e. The Bertz CT molecular complexity index is 404. The van der Waals surface area contributed by atoms with E-state index in [0.717, 1.165) is 30.4 Å². The molecular weight excluding hydrogens is 225 g/mol. The summed E-state index contributed by atoms with van der Waals surface area (Å²) in [5, 5.41) is 0. The van der Waals surface area contributed by atoms with Crippen LogP contribution in [0.5, 0.6) is 0 Å². The summed E-state index contributed by atoms with van der Waals surface area (Å²) in [6, 6.07) is 4.24. The van der Waals surface area contributed by atoms with Crippen LogP contribution in [0.25, 0.3) is 0 Å². The molecule has 0 nitrogen and oxygen atoms in total. The molecule has 0 radical (unpaired) electrons. The Kier molecular flexibility index (Phi) is 3.19. The first-order valence-corrected chi connectivity index (χ1v) is 6.09. The van der Waals surface area contributed by atoms with Gasteiger partial charge in [-0.15, -0.1) is 0 Å². The Morgan fingerprint density at radius 3 is 2.53 bits per heavy atom. The molecule has 0 bridgehead atoms. The van der Waals surface area contributed by atoms with E-state index in [0.29, 0.717) is 11.8 Å². The fourth-order valence-electron chi connectivity index (χ4n) is 2.72. The van der Waals surface area contributed by atoms with E-state index in [1.807, 2.05) is 0 Å². The number of hydrogen-bond donors (Lipinski definition) is 0. The minimum absolute atomic E-state index is 0.418. The van der Waals surface area contributed by atoms with Crippen molar-refractivity contribution in [3.05, 3.63) is 34.9 Å². The standard InChI is InChI=1S/C14H17F3/c1-9(2)12-5-3-4-10-8-11(14(15,16)17)6-7-13(10)12/h6-9,12H,3-5H2,1-2H3. The fourth-order valence-corrected chi connectivity index (χ4v) is 2.72. The van der Waals surface area contributed by atoms with E-state index in [4.69, 9.17) is 0 Å². The van der Waals surface area contributed by atoms with Gasteiger partial charge < -0.3 is 0 Å². The van der Waals surface area contributed by atoms with Crippen molar-refractivity contribution in [2.45, 2.75) is 45.2 Å². The molecule has 1 atom stereocenters. The summed E-state index contributed by atoms with van der Waals surface area (Å²) in [4.78, 5) is 0. The predicted octanol–water partition coefficient (Wildman–Crippen LogP) is 4.78. The van der Waals surface area contributed by atoms with Crippen LogP contribution in [-0.4, -0.2) is 0 Å². The highest BCUT2D eigenvalue weighted by Gasteiger charge is 2.32. The SMILES string of the molecule is CC(C)C1CCCc2cc(C(F)(F)F)ccc21. The van der Waals surface area contributed by atoms with Gasteiger partial charge in [-0.3, -0.25) is 0 Å². The Morgan fingerprint density at radius 1 is 1.24 bits per heavy atom. The summed E-state index contributed by atoms with van der Waals surface area (Å²) in [6.07, 6.45) is -1.35.